The van der Waals surface area contributed by atoms with E-state index in [4.69, 9.17) is 9.26 Å². The minimum absolute atomic E-state index is 0.0590. The van der Waals surface area contributed by atoms with Gasteiger partial charge in [0.05, 0.1) is 18.6 Å². The van der Waals surface area contributed by atoms with Crippen LogP contribution in [0.4, 0.5) is 10.2 Å². The monoisotopic (exact) mass is 397 g/mol. The number of aromatic amines is 1. The Morgan fingerprint density at radius 1 is 1.31 bits per heavy atom. The first-order valence-corrected chi connectivity index (χ1v) is 9.40. The third kappa shape index (κ3) is 3.17. The van der Waals surface area contributed by atoms with Gasteiger partial charge in [0.15, 0.2) is 0 Å². The largest absolute Gasteiger partial charge is 0.380 e. The van der Waals surface area contributed by atoms with Gasteiger partial charge in [-0.3, -0.25) is 9.89 Å². The topological polar surface area (TPSA) is 96.3 Å². The van der Waals surface area contributed by atoms with Gasteiger partial charge in [0.2, 0.25) is 0 Å². The van der Waals surface area contributed by atoms with Crippen LogP contribution in [-0.2, 0) is 11.3 Å². The molecule has 150 valence electrons. The Hall–Kier alpha value is -3.20. The SMILES string of the molecule is Cc1onc(-c2ccc(F)cc2)c1CNc1cc(C(=O)N2CC3(COC3)C2)[nH]n1. The van der Waals surface area contributed by atoms with Crippen LogP contribution >= 0.6 is 0 Å². The van der Waals surface area contributed by atoms with Crippen LogP contribution in [0.25, 0.3) is 11.3 Å². The minimum atomic E-state index is -0.305. The van der Waals surface area contributed by atoms with Crippen molar-refractivity contribution in [3.05, 3.63) is 53.2 Å². The molecule has 0 atom stereocenters. The van der Waals surface area contributed by atoms with Crippen molar-refractivity contribution in [3.8, 4) is 11.3 Å². The van der Waals surface area contributed by atoms with Crippen molar-refractivity contribution in [2.75, 3.05) is 31.6 Å². The second-order valence-electron chi connectivity index (χ2n) is 7.75. The normalized spacial score (nSPS) is 17.1. The Morgan fingerprint density at radius 3 is 2.76 bits per heavy atom. The lowest BCUT2D eigenvalue weighted by molar-refractivity contribution is -0.176. The molecule has 3 aromatic rings. The van der Waals surface area contributed by atoms with Crippen molar-refractivity contribution in [2.45, 2.75) is 13.5 Å². The highest BCUT2D eigenvalue weighted by atomic mass is 19.1. The van der Waals surface area contributed by atoms with Gasteiger partial charge in [-0.25, -0.2) is 4.39 Å². The number of carbonyl (C=O) groups excluding carboxylic acids is 1. The number of anilines is 1. The number of rotatable bonds is 5. The van der Waals surface area contributed by atoms with Crippen LogP contribution < -0.4 is 5.32 Å². The molecule has 2 saturated heterocycles. The summed E-state index contributed by atoms with van der Waals surface area (Å²) in [5.74, 6) is 0.857. The number of aryl methyl sites for hydroxylation is 1. The maximum Gasteiger partial charge on any atom is 0.271 e. The average molecular weight is 397 g/mol. The smallest absolute Gasteiger partial charge is 0.271 e. The number of nitrogens with zero attached hydrogens (tertiary/aromatic N) is 3. The summed E-state index contributed by atoms with van der Waals surface area (Å²) < 4.78 is 23.8. The van der Waals surface area contributed by atoms with Crippen molar-refractivity contribution in [3.63, 3.8) is 0 Å². The molecule has 29 heavy (non-hydrogen) atoms. The highest BCUT2D eigenvalue weighted by molar-refractivity contribution is 5.93. The molecule has 2 aliphatic rings. The molecule has 2 aliphatic heterocycles. The van der Waals surface area contributed by atoms with Gasteiger partial charge in [-0.15, -0.1) is 0 Å². The van der Waals surface area contributed by atoms with Crippen molar-refractivity contribution < 1.29 is 18.4 Å². The Balaban J connectivity index is 1.25. The zero-order valence-electron chi connectivity index (χ0n) is 15.9. The number of halogens is 1. The van der Waals surface area contributed by atoms with Gasteiger partial charge < -0.3 is 19.5 Å². The zero-order valence-corrected chi connectivity index (χ0v) is 15.9. The zero-order chi connectivity index (χ0) is 20.0. The van der Waals surface area contributed by atoms with E-state index >= 15 is 0 Å². The quantitative estimate of drug-likeness (QED) is 0.687. The van der Waals surface area contributed by atoms with E-state index in [1.54, 1.807) is 23.1 Å². The van der Waals surface area contributed by atoms with E-state index in [1.807, 2.05) is 6.92 Å². The first-order valence-electron chi connectivity index (χ1n) is 9.40. The summed E-state index contributed by atoms with van der Waals surface area (Å²) >= 11 is 0. The van der Waals surface area contributed by atoms with Gasteiger partial charge in [0.25, 0.3) is 5.91 Å². The van der Waals surface area contributed by atoms with Gasteiger partial charge in [0, 0.05) is 36.8 Å². The number of hydrogen-bond donors (Lipinski definition) is 2. The van der Waals surface area contributed by atoms with Gasteiger partial charge in [-0.05, 0) is 31.2 Å². The molecule has 0 unspecified atom stereocenters. The molecule has 8 nitrogen and oxygen atoms in total. The van der Waals surface area contributed by atoms with E-state index in [2.05, 4.69) is 20.7 Å². The van der Waals surface area contributed by atoms with Gasteiger partial charge in [-0.1, -0.05) is 5.16 Å². The number of nitrogens with one attached hydrogen (secondary N) is 2. The van der Waals surface area contributed by atoms with Gasteiger partial charge >= 0.3 is 0 Å². The van der Waals surface area contributed by atoms with E-state index in [-0.39, 0.29) is 17.1 Å². The molecule has 1 spiro atoms. The molecule has 0 radical (unpaired) electrons. The summed E-state index contributed by atoms with van der Waals surface area (Å²) in [5.41, 5.74) is 2.89. The summed E-state index contributed by atoms with van der Waals surface area (Å²) in [4.78, 5) is 14.4. The lowest BCUT2D eigenvalue weighted by Gasteiger charge is -2.54. The van der Waals surface area contributed by atoms with Crippen molar-refractivity contribution >= 4 is 11.7 Å². The van der Waals surface area contributed by atoms with Crippen molar-refractivity contribution in [1.29, 1.82) is 0 Å². The molecule has 2 N–H and O–H groups in total. The fourth-order valence-corrected chi connectivity index (χ4v) is 3.79. The summed E-state index contributed by atoms with van der Waals surface area (Å²) in [5, 5.41) is 14.3. The van der Waals surface area contributed by atoms with Crippen LogP contribution in [0, 0.1) is 18.2 Å². The van der Waals surface area contributed by atoms with Crippen LogP contribution in [0.3, 0.4) is 0 Å². The van der Waals surface area contributed by atoms with E-state index in [1.165, 1.54) is 12.1 Å². The minimum Gasteiger partial charge on any atom is -0.380 e. The molecule has 4 heterocycles. The molecular formula is C20H20FN5O3. The Labute approximate surface area is 166 Å². The van der Waals surface area contributed by atoms with Gasteiger partial charge in [-0.2, -0.15) is 5.10 Å². The van der Waals surface area contributed by atoms with E-state index in [9.17, 15) is 9.18 Å². The van der Waals surface area contributed by atoms with Gasteiger partial charge in [0.1, 0.15) is 28.8 Å². The molecule has 5 rings (SSSR count). The molecule has 1 amide bonds. The van der Waals surface area contributed by atoms with Crippen LogP contribution in [0.5, 0.6) is 0 Å². The number of H-pyrrole nitrogens is 1. The summed E-state index contributed by atoms with van der Waals surface area (Å²) in [6.07, 6.45) is 0. The maximum absolute atomic E-state index is 13.2. The second-order valence-corrected chi connectivity index (χ2v) is 7.75. The van der Waals surface area contributed by atoms with Crippen LogP contribution in [0.1, 0.15) is 21.8 Å². The van der Waals surface area contributed by atoms with Crippen molar-refractivity contribution in [2.24, 2.45) is 5.41 Å². The average Bonchev–Trinajstić information content (AvgIpc) is 3.25. The predicted molar refractivity (Wildman–Crippen MR) is 102 cm³/mol. The first-order chi connectivity index (χ1) is 14.0. The number of ether oxygens (including phenoxy) is 1. The lowest BCUT2D eigenvalue weighted by Crippen LogP contribution is -2.67. The predicted octanol–water partition coefficient (Wildman–Crippen LogP) is 2.60. The molecule has 0 bridgehead atoms. The number of amides is 1. The molecule has 2 fully saturated rings. The highest BCUT2D eigenvalue weighted by Crippen LogP contribution is 2.38. The summed E-state index contributed by atoms with van der Waals surface area (Å²) in [6.45, 7) is 5.16. The van der Waals surface area contributed by atoms with Crippen LogP contribution in [-0.4, -0.2) is 52.5 Å². The molecule has 2 aromatic heterocycles. The second kappa shape index (κ2) is 6.70. The van der Waals surface area contributed by atoms with Crippen LogP contribution in [0.2, 0.25) is 0 Å². The highest BCUT2D eigenvalue weighted by Gasteiger charge is 2.50. The fourth-order valence-electron chi connectivity index (χ4n) is 3.79. The Bertz CT molecular complexity index is 1050. The third-order valence-electron chi connectivity index (χ3n) is 5.51. The lowest BCUT2D eigenvalue weighted by atomic mass is 9.78. The number of aromatic nitrogens is 3. The van der Waals surface area contributed by atoms with Crippen molar-refractivity contribution in [1.82, 2.24) is 20.3 Å². The Morgan fingerprint density at radius 2 is 2.07 bits per heavy atom. The molecular weight excluding hydrogens is 377 g/mol. The first kappa shape index (κ1) is 17.9. The molecule has 0 aliphatic carbocycles. The number of carbonyl (C=O) groups is 1. The Kier molecular flexibility index (Phi) is 4.13. The van der Waals surface area contributed by atoms with Crippen LogP contribution in [0.15, 0.2) is 34.9 Å². The summed E-state index contributed by atoms with van der Waals surface area (Å²) in [6, 6.07) is 7.80. The molecule has 9 heteroatoms. The van der Waals surface area contributed by atoms with E-state index in [0.29, 0.717) is 29.5 Å². The molecule has 0 saturated carbocycles. The summed E-state index contributed by atoms with van der Waals surface area (Å²) in [7, 11) is 0. The number of hydrogen-bond acceptors (Lipinski definition) is 6. The molecule has 1 aromatic carbocycles. The third-order valence-corrected chi connectivity index (χ3v) is 5.51. The van der Waals surface area contributed by atoms with E-state index in [0.717, 1.165) is 37.4 Å². The number of likely N-dealkylation sites (tertiary alicyclic amines) is 1. The fraction of sp³-hybridized carbons (Fsp3) is 0.350. The number of benzene rings is 1. The van der Waals surface area contributed by atoms with E-state index < -0.39 is 0 Å². The maximum atomic E-state index is 13.2. The standard InChI is InChI=1S/C20H20FN5O3/c1-12-15(18(25-29-12)13-2-4-14(21)5-3-13)7-22-17-6-16(23-24-17)19(27)26-8-20(9-26)10-28-11-20/h2-6H,7-11H2,1H3,(H2,22,23,24).